The normalized spacial score (nSPS) is 13.6. The molecule has 0 spiro atoms. The van der Waals surface area contributed by atoms with Gasteiger partial charge in [0.2, 0.25) is 0 Å². The third-order valence-corrected chi connectivity index (χ3v) is 5.05. The number of benzene rings is 1. The predicted molar refractivity (Wildman–Crippen MR) is 99.2 cm³/mol. The third kappa shape index (κ3) is 3.35. The van der Waals surface area contributed by atoms with Crippen LogP contribution < -0.4 is 0 Å². The summed E-state index contributed by atoms with van der Waals surface area (Å²) in [7, 11) is 1.58. The van der Waals surface area contributed by atoms with Gasteiger partial charge in [0, 0.05) is 31.6 Å². The number of aromatic nitrogens is 3. The zero-order valence-corrected chi connectivity index (χ0v) is 15.7. The molecule has 2 aromatic heterocycles. The maximum atomic E-state index is 13.9. The van der Waals surface area contributed by atoms with Gasteiger partial charge in [0.1, 0.15) is 17.3 Å². The standard InChI is InChI=1S/C19H19F2N5O3/c1-24(4-5-27)18(28)13-9-22-26-3-2-25(10-17(13)26)19(29)16-8-12-14(21)6-11(20)7-15(12)23-16/h6-9,23,27H,2-5,10H2,1H3. The fraction of sp³-hybridized carbons (Fsp3) is 0.316. The van der Waals surface area contributed by atoms with Crippen LogP contribution in [0.1, 0.15) is 26.5 Å². The first kappa shape index (κ1) is 19.1. The van der Waals surface area contributed by atoms with Crippen LogP contribution in [0, 0.1) is 11.6 Å². The summed E-state index contributed by atoms with van der Waals surface area (Å²) in [4.78, 5) is 31.2. The van der Waals surface area contributed by atoms with Gasteiger partial charge >= 0.3 is 0 Å². The molecule has 1 aromatic carbocycles. The number of H-pyrrole nitrogens is 1. The van der Waals surface area contributed by atoms with Crippen LogP contribution in [-0.2, 0) is 13.1 Å². The molecular formula is C19H19F2N5O3. The van der Waals surface area contributed by atoms with E-state index in [1.165, 1.54) is 22.1 Å². The Morgan fingerprint density at radius 2 is 2.07 bits per heavy atom. The number of aliphatic hydroxyl groups excluding tert-OH is 1. The summed E-state index contributed by atoms with van der Waals surface area (Å²) in [5.74, 6) is -2.15. The van der Waals surface area contributed by atoms with E-state index in [2.05, 4.69) is 10.1 Å². The number of nitrogens with one attached hydrogen (secondary N) is 1. The number of carbonyl (C=O) groups excluding carboxylic acids is 2. The highest BCUT2D eigenvalue weighted by Crippen LogP contribution is 2.24. The van der Waals surface area contributed by atoms with Gasteiger partial charge in [-0.1, -0.05) is 0 Å². The Morgan fingerprint density at radius 1 is 1.28 bits per heavy atom. The molecule has 0 saturated carbocycles. The van der Waals surface area contributed by atoms with Gasteiger partial charge in [-0.3, -0.25) is 14.3 Å². The SMILES string of the molecule is CN(CCO)C(=O)c1cnn2c1CN(C(=O)c1cc3c(F)cc(F)cc3[nH]1)CC2. The lowest BCUT2D eigenvalue weighted by Gasteiger charge is -2.28. The Bertz CT molecular complexity index is 1110. The van der Waals surface area contributed by atoms with Crippen molar-refractivity contribution in [3.8, 4) is 0 Å². The predicted octanol–water partition coefficient (Wildman–Crippen LogP) is 1.36. The van der Waals surface area contributed by atoms with Crippen LogP contribution in [-0.4, -0.2) is 68.2 Å². The molecule has 10 heteroatoms. The molecule has 1 aliphatic rings. The number of fused-ring (bicyclic) bond motifs is 2. The average Bonchev–Trinajstić information content (AvgIpc) is 3.30. The van der Waals surface area contributed by atoms with E-state index in [0.717, 1.165) is 12.1 Å². The molecule has 0 radical (unpaired) electrons. The second-order valence-electron chi connectivity index (χ2n) is 6.94. The van der Waals surface area contributed by atoms with Crippen LogP contribution in [0.4, 0.5) is 8.78 Å². The van der Waals surface area contributed by atoms with Crippen LogP contribution in [0.25, 0.3) is 10.9 Å². The lowest BCUT2D eigenvalue weighted by atomic mass is 10.1. The van der Waals surface area contributed by atoms with Crippen molar-refractivity contribution < 1.29 is 23.5 Å². The molecule has 4 rings (SSSR count). The van der Waals surface area contributed by atoms with Crippen molar-refractivity contribution in [2.45, 2.75) is 13.1 Å². The minimum atomic E-state index is -0.744. The Kier molecular flexibility index (Phi) is 4.79. The summed E-state index contributed by atoms with van der Waals surface area (Å²) in [6, 6.07) is 3.26. The van der Waals surface area contributed by atoms with Gasteiger partial charge in [0.25, 0.3) is 11.8 Å². The summed E-state index contributed by atoms with van der Waals surface area (Å²) < 4.78 is 29.0. The number of nitrogens with zero attached hydrogens (tertiary/aromatic N) is 4. The van der Waals surface area contributed by atoms with E-state index in [-0.39, 0.29) is 48.1 Å². The number of hydrogen-bond donors (Lipinski definition) is 2. The lowest BCUT2D eigenvalue weighted by Crippen LogP contribution is -2.39. The van der Waals surface area contributed by atoms with Crippen molar-refractivity contribution in [2.75, 3.05) is 26.7 Å². The van der Waals surface area contributed by atoms with Crippen molar-refractivity contribution in [2.24, 2.45) is 0 Å². The second kappa shape index (κ2) is 7.28. The van der Waals surface area contributed by atoms with Crippen molar-refractivity contribution >= 4 is 22.7 Å². The van der Waals surface area contributed by atoms with Gasteiger partial charge < -0.3 is 19.9 Å². The number of hydrogen-bond acceptors (Lipinski definition) is 4. The van der Waals surface area contributed by atoms with Gasteiger partial charge in [-0.15, -0.1) is 0 Å². The Labute approximate surface area is 164 Å². The minimum Gasteiger partial charge on any atom is -0.395 e. The van der Waals surface area contributed by atoms with E-state index in [4.69, 9.17) is 5.11 Å². The van der Waals surface area contributed by atoms with Crippen molar-refractivity contribution in [1.29, 1.82) is 0 Å². The quantitative estimate of drug-likeness (QED) is 0.688. The number of aliphatic hydroxyl groups is 1. The first-order valence-electron chi connectivity index (χ1n) is 9.07. The van der Waals surface area contributed by atoms with Gasteiger partial charge in [-0.2, -0.15) is 5.10 Å². The molecule has 3 aromatic rings. The molecule has 0 saturated heterocycles. The first-order chi connectivity index (χ1) is 13.9. The van der Waals surface area contributed by atoms with E-state index in [0.29, 0.717) is 24.3 Å². The molecule has 2 N–H and O–H groups in total. The number of rotatable bonds is 4. The topological polar surface area (TPSA) is 94.5 Å². The second-order valence-corrected chi connectivity index (χ2v) is 6.94. The summed E-state index contributed by atoms with van der Waals surface area (Å²) in [6.45, 7) is 0.942. The van der Waals surface area contributed by atoms with Crippen molar-refractivity contribution in [1.82, 2.24) is 24.6 Å². The number of likely N-dealkylation sites (N-methyl/N-ethyl adjacent to an activating group) is 1. The van der Waals surface area contributed by atoms with E-state index in [1.807, 2.05) is 0 Å². The van der Waals surface area contributed by atoms with E-state index < -0.39 is 11.6 Å². The molecule has 0 bridgehead atoms. The zero-order valence-electron chi connectivity index (χ0n) is 15.7. The van der Waals surface area contributed by atoms with Gasteiger partial charge in [-0.05, 0) is 12.1 Å². The van der Waals surface area contributed by atoms with Gasteiger partial charge in [0.15, 0.2) is 0 Å². The monoisotopic (exact) mass is 403 g/mol. The number of aromatic amines is 1. The highest BCUT2D eigenvalue weighted by molar-refractivity contribution is 5.99. The zero-order chi connectivity index (χ0) is 20.7. The highest BCUT2D eigenvalue weighted by Gasteiger charge is 2.29. The molecule has 0 atom stereocenters. The molecule has 3 heterocycles. The summed E-state index contributed by atoms with van der Waals surface area (Å²) in [5.41, 5.74) is 1.30. The van der Waals surface area contributed by atoms with Gasteiger partial charge in [-0.25, -0.2) is 8.78 Å². The summed E-state index contributed by atoms with van der Waals surface area (Å²) in [5, 5.41) is 13.4. The third-order valence-electron chi connectivity index (χ3n) is 5.05. The molecule has 0 aliphatic carbocycles. The Hall–Kier alpha value is -3.27. The Morgan fingerprint density at radius 3 is 2.83 bits per heavy atom. The first-order valence-corrected chi connectivity index (χ1v) is 9.07. The molecule has 1 aliphatic heterocycles. The maximum absolute atomic E-state index is 13.9. The van der Waals surface area contributed by atoms with E-state index in [1.54, 1.807) is 11.7 Å². The molecule has 152 valence electrons. The lowest BCUT2D eigenvalue weighted by molar-refractivity contribution is 0.0689. The minimum absolute atomic E-state index is 0.137. The summed E-state index contributed by atoms with van der Waals surface area (Å²) in [6.07, 6.45) is 1.46. The van der Waals surface area contributed by atoms with E-state index >= 15 is 0 Å². The number of halogens is 2. The van der Waals surface area contributed by atoms with Crippen LogP contribution in [0.15, 0.2) is 24.4 Å². The summed E-state index contributed by atoms with van der Waals surface area (Å²) >= 11 is 0. The van der Waals surface area contributed by atoms with Crippen LogP contribution in [0.5, 0.6) is 0 Å². The van der Waals surface area contributed by atoms with E-state index in [9.17, 15) is 18.4 Å². The molecule has 0 unspecified atom stereocenters. The molecular weight excluding hydrogens is 384 g/mol. The van der Waals surface area contributed by atoms with Crippen LogP contribution >= 0.6 is 0 Å². The van der Waals surface area contributed by atoms with Crippen molar-refractivity contribution in [3.63, 3.8) is 0 Å². The number of carbonyl (C=O) groups is 2. The Balaban J connectivity index is 1.60. The fourth-order valence-corrected chi connectivity index (χ4v) is 3.50. The average molecular weight is 403 g/mol. The molecule has 29 heavy (non-hydrogen) atoms. The van der Waals surface area contributed by atoms with Crippen LogP contribution in [0.3, 0.4) is 0 Å². The fourth-order valence-electron chi connectivity index (χ4n) is 3.50. The maximum Gasteiger partial charge on any atom is 0.270 e. The number of amides is 2. The van der Waals surface area contributed by atoms with Crippen molar-refractivity contribution in [3.05, 3.63) is 53.0 Å². The highest BCUT2D eigenvalue weighted by atomic mass is 19.1. The van der Waals surface area contributed by atoms with Gasteiger partial charge in [0.05, 0.1) is 42.7 Å². The molecule has 2 amide bonds. The molecule has 0 fully saturated rings. The smallest absolute Gasteiger partial charge is 0.270 e. The largest absolute Gasteiger partial charge is 0.395 e. The van der Waals surface area contributed by atoms with Crippen LogP contribution in [0.2, 0.25) is 0 Å². The molecule has 8 nitrogen and oxygen atoms in total.